The predicted octanol–water partition coefficient (Wildman–Crippen LogP) is 2.19. The van der Waals surface area contributed by atoms with Crippen molar-refractivity contribution < 1.29 is 9.90 Å². The van der Waals surface area contributed by atoms with Crippen molar-refractivity contribution in [3.63, 3.8) is 0 Å². The SMILES string of the molecule is CCCNC(C)(CCCSc1cnccn1)C(=O)O. The minimum absolute atomic E-state index is 0.607. The Kier molecular flexibility index (Phi) is 6.80. The highest BCUT2D eigenvalue weighted by molar-refractivity contribution is 7.99. The number of hydrogen-bond donors (Lipinski definition) is 2. The number of aliphatic carboxylic acids is 1. The van der Waals surface area contributed by atoms with E-state index >= 15 is 0 Å². The molecule has 0 spiro atoms. The lowest BCUT2D eigenvalue weighted by atomic mass is 9.96. The fourth-order valence-corrected chi connectivity index (χ4v) is 2.40. The third-order valence-electron chi connectivity index (χ3n) is 2.85. The highest BCUT2D eigenvalue weighted by Crippen LogP contribution is 2.19. The van der Waals surface area contributed by atoms with Crippen LogP contribution in [0.3, 0.4) is 0 Å². The summed E-state index contributed by atoms with van der Waals surface area (Å²) in [5.41, 5.74) is -0.834. The van der Waals surface area contributed by atoms with E-state index in [0.717, 1.165) is 30.2 Å². The van der Waals surface area contributed by atoms with Crippen molar-refractivity contribution in [3.8, 4) is 0 Å². The maximum Gasteiger partial charge on any atom is 0.323 e. The van der Waals surface area contributed by atoms with Gasteiger partial charge in [-0.25, -0.2) is 4.98 Å². The van der Waals surface area contributed by atoms with Gasteiger partial charge in [0.05, 0.1) is 6.20 Å². The highest BCUT2D eigenvalue weighted by atomic mass is 32.2. The number of aromatic nitrogens is 2. The Hall–Kier alpha value is -1.14. The predicted molar refractivity (Wildman–Crippen MR) is 76.3 cm³/mol. The summed E-state index contributed by atoms with van der Waals surface area (Å²) in [6.45, 7) is 4.50. The van der Waals surface area contributed by atoms with Crippen LogP contribution < -0.4 is 5.32 Å². The summed E-state index contributed by atoms with van der Waals surface area (Å²) in [5, 5.41) is 13.3. The second kappa shape index (κ2) is 8.12. The smallest absolute Gasteiger partial charge is 0.323 e. The van der Waals surface area contributed by atoms with Crippen molar-refractivity contribution in [2.24, 2.45) is 0 Å². The van der Waals surface area contributed by atoms with Gasteiger partial charge < -0.3 is 10.4 Å². The van der Waals surface area contributed by atoms with Gasteiger partial charge in [-0.05, 0) is 38.5 Å². The number of carboxylic acid groups (broad SMARTS) is 1. The van der Waals surface area contributed by atoms with Gasteiger partial charge in [0.25, 0.3) is 0 Å². The van der Waals surface area contributed by atoms with Crippen LogP contribution in [0.5, 0.6) is 0 Å². The van der Waals surface area contributed by atoms with Gasteiger partial charge in [-0.1, -0.05) is 6.92 Å². The summed E-state index contributed by atoms with van der Waals surface area (Å²) in [6, 6.07) is 0. The van der Waals surface area contributed by atoms with Crippen LogP contribution in [0.15, 0.2) is 23.6 Å². The van der Waals surface area contributed by atoms with Gasteiger partial charge in [-0.2, -0.15) is 0 Å². The topological polar surface area (TPSA) is 75.1 Å². The number of carboxylic acids is 1. The zero-order valence-corrected chi connectivity index (χ0v) is 12.2. The van der Waals surface area contributed by atoms with Crippen molar-refractivity contribution in [2.45, 2.75) is 43.7 Å². The number of carbonyl (C=O) groups is 1. The molecule has 0 aliphatic carbocycles. The number of nitrogens with zero attached hydrogens (tertiary/aromatic N) is 2. The fraction of sp³-hybridized carbons (Fsp3) is 0.615. The molecule has 6 heteroatoms. The number of nitrogens with one attached hydrogen (secondary N) is 1. The molecule has 19 heavy (non-hydrogen) atoms. The number of rotatable bonds is 9. The number of hydrogen-bond acceptors (Lipinski definition) is 5. The Morgan fingerprint density at radius 3 is 2.89 bits per heavy atom. The molecule has 1 rings (SSSR count). The summed E-state index contributed by atoms with van der Waals surface area (Å²) in [4.78, 5) is 19.5. The van der Waals surface area contributed by atoms with Crippen molar-refractivity contribution in [3.05, 3.63) is 18.6 Å². The van der Waals surface area contributed by atoms with E-state index in [0.29, 0.717) is 6.42 Å². The molecule has 0 saturated carbocycles. The molecule has 2 N–H and O–H groups in total. The summed E-state index contributed by atoms with van der Waals surface area (Å²) in [7, 11) is 0. The number of thioether (sulfide) groups is 1. The first-order valence-corrected chi connectivity index (χ1v) is 7.44. The van der Waals surface area contributed by atoms with Gasteiger partial charge in [0.1, 0.15) is 10.6 Å². The van der Waals surface area contributed by atoms with E-state index in [9.17, 15) is 9.90 Å². The molecule has 0 bridgehead atoms. The molecule has 0 amide bonds. The first-order chi connectivity index (χ1) is 9.08. The Morgan fingerprint density at radius 2 is 2.32 bits per heavy atom. The summed E-state index contributed by atoms with van der Waals surface area (Å²) >= 11 is 1.60. The quantitative estimate of drug-likeness (QED) is 0.534. The molecule has 0 aromatic carbocycles. The molecule has 5 nitrogen and oxygen atoms in total. The van der Waals surface area contributed by atoms with Crippen LogP contribution in [0, 0.1) is 0 Å². The molecule has 0 aliphatic rings. The van der Waals surface area contributed by atoms with Gasteiger partial charge in [-0.3, -0.25) is 9.78 Å². The Bertz CT molecular complexity index is 389. The molecule has 1 heterocycles. The molecule has 1 unspecified atom stereocenters. The molecule has 0 radical (unpaired) electrons. The van der Waals surface area contributed by atoms with E-state index in [-0.39, 0.29) is 0 Å². The van der Waals surface area contributed by atoms with Crippen molar-refractivity contribution >= 4 is 17.7 Å². The molecular formula is C13H21N3O2S. The van der Waals surface area contributed by atoms with Gasteiger partial charge in [-0.15, -0.1) is 11.8 Å². The molecule has 1 aromatic rings. The average Bonchev–Trinajstić information content (AvgIpc) is 2.42. The van der Waals surface area contributed by atoms with Gasteiger partial charge in [0.2, 0.25) is 0 Å². The zero-order chi connectivity index (χ0) is 14.1. The average molecular weight is 283 g/mol. The monoisotopic (exact) mass is 283 g/mol. The van der Waals surface area contributed by atoms with E-state index < -0.39 is 11.5 Å². The molecule has 0 aliphatic heterocycles. The van der Waals surface area contributed by atoms with Crippen LogP contribution in [0.4, 0.5) is 0 Å². The van der Waals surface area contributed by atoms with E-state index in [1.807, 2.05) is 6.92 Å². The molecule has 0 saturated heterocycles. The summed E-state index contributed by atoms with van der Waals surface area (Å²) in [5.74, 6) is 0.0560. The van der Waals surface area contributed by atoms with E-state index in [2.05, 4.69) is 15.3 Å². The maximum atomic E-state index is 11.3. The minimum atomic E-state index is -0.834. The molecule has 0 fully saturated rings. The Balaban J connectivity index is 2.34. The van der Waals surface area contributed by atoms with Crippen LogP contribution in [0.1, 0.15) is 33.1 Å². The van der Waals surface area contributed by atoms with E-state index in [1.54, 1.807) is 37.3 Å². The zero-order valence-electron chi connectivity index (χ0n) is 11.4. The lowest BCUT2D eigenvalue weighted by Crippen LogP contribution is -2.49. The van der Waals surface area contributed by atoms with Crippen molar-refractivity contribution in [1.82, 2.24) is 15.3 Å². The maximum absolute atomic E-state index is 11.3. The van der Waals surface area contributed by atoms with Crippen LogP contribution in [0.25, 0.3) is 0 Å². The summed E-state index contributed by atoms with van der Waals surface area (Å²) < 4.78 is 0. The summed E-state index contributed by atoms with van der Waals surface area (Å²) in [6.07, 6.45) is 7.37. The van der Waals surface area contributed by atoms with E-state index in [4.69, 9.17) is 0 Å². The Morgan fingerprint density at radius 1 is 1.53 bits per heavy atom. The second-order valence-corrected chi connectivity index (χ2v) is 5.67. The van der Waals surface area contributed by atoms with Crippen LogP contribution in [0.2, 0.25) is 0 Å². The van der Waals surface area contributed by atoms with Gasteiger partial charge >= 0.3 is 5.97 Å². The first-order valence-electron chi connectivity index (χ1n) is 6.45. The lowest BCUT2D eigenvalue weighted by Gasteiger charge is -2.26. The van der Waals surface area contributed by atoms with Gasteiger partial charge in [0, 0.05) is 12.4 Å². The normalized spacial score (nSPS) is 14.0. The van der Waals surface area contributed by atoms with E-state index in [1.165, 1.54) is 0 Å². The van der Waals surface area contributed by atoms with Crippen LogP contribution in [-0.2, 0) is 4.79 Å². The first kappa shape index (κ1) is 15.9. The largest absolute Gasteiger partial charge is 0.480 e. The molecule has 1 atom stereocenters. The van der Waals surface area contributed by atoms with Gasteiger partial charge in [0.15, 0.2) is 0 Å². The van der Waals surface area contributed by atoms with Crippen LogP contribution >= 0.6 is 11.8 Å². The molecule has 1 aromatic heterocycles. The standard InChI is InChI=1S/C13H21N3O2S/c1-3-6-16-13(2,12(17)18)5-4-9-19-11-10-14-7-8-15-11/h7-8,10,16H,3-6,9H2,1-2H3,(H,17,18). The van der Waals surface area contributed by atoms with Crippen molar-refractivity contribution in [1.29, 1.82) is 0 Å². The molecule has 106 valence electrons. The van der Waals surface area contributed by atoms with Crippen LogP contribution in [-0.4, -0.2) is 38.9 Å². The molecular weight excluding hydrogens is 262 g/mol. The minimum Gasteiger partial charge on any atom is -0.480 e. The Labute approximate surface area is 118 Å². The lowest BCUT2D eigenvalue weighted by molar-refractivity contribution is -0.144. The fourth-order valence-electron chi connectivity index (χ4n) is 1.63. The van der Waals surface area contributed by atoms with Crippen molar-refractivity contribution in [2.75, 3.05) is 12.3 Å². The second-order valence-electron chi connectivity index (χ2n) is 4.56. The third-order valence-corrected chi connectivity index (χ3v) is 3.85. The highest BCUT2D eigenvalue weighted by Gasteiger charge is 2.31. The third kappa shape index (κ3) is 5.57.